The van der Waals surface area contributed by atoms with Crippen LogP contribution in [-0.4, -0.2) is 31.7 Å². The van der Waals surface area contributed by atoms with Gasteiger partial charge in [0.25, 0.3) is 5.91 Å². The number of nitrogens with zero attached hydrogens (tertiary/aromatic N) is 1. The normalized spacial score (nSPS) is 15.4. The van der Waals surface area contributed by atoms with Gasteiger partial charge in [0, 0.05) is 27.9 Å². The molecule has 0 aromatic heterocycles. The molecule has 0 aliphatic carbocycles. The van der Waals surface area contributed by atoms with Gasteiger partial charge < -0.3 is 5.32 Å². The molecule has 1 heterocycles. The lowest BCUT2D eigenvalue weighted by molar-refractivity contribution is 0.102. The fraction of sp³-hybridized carbons (Fsp3) is 0.235. The number of hydrogen-bond donors (Lipinski definition) is 1. The number of carbonyl (C=O) groups is 1. The van der Waals surface area contributed by atoms with Crippen LogP contribution in [0.4, 0.5) is 5.69 Å². The third-order valence-electron chi connectivity index (χ3n) is 3.90. The number of nitrogens with one attached hydrogen (secondary N) is 1. The van der Waals surface area contributed by atoms with Gasteiger partial charge in [0.1, 0.15) is 0 Å². The predicted molar refractivity (Wildman–Crippen MR) is 102 cm³/mol. The van der Waals surface area contributed by atoms with E-state index in [1.54, 1.807) is 12.1 Å². The monoisotopic (exact) mass is 456 g/mol. The largest absolute Gasteiger partial charge is 0.322 e. The third kappa shape index (κ3) is 3.79. The molecule has 0 radical (unpaired) electrons. The number of sulfonamides is 1. The van der Waals surface area contributed by atoms with Gasteiger partial charge in [-0.3, -0.25) is 4.79 Å². The molecule has 0 bridgehead atoms. The summed E-state index contributed by atoms with van der Waals surface area (Å²) in [5.41, 5.74) is 1.00. The van der Waals surface area contributed by atoms with Crippen molar-refractivity contribution in [2.45, 2.75) is 17.7 Å². The standard InChI is InChI=1S/C17H17IN2O3S/c18-14-6-8-15(9-7-14)19-17(21)13-4-3-5-16(12-13)24(22,23)20-10-1-2-11-20/h3-9,12H,1-2,10-11H2,(H,19,21). The van der Waals surface area contributed by atoms with Gasteiger partial charge in [-0.2, -0.15) is 4.31 Å². The molecule has 2 aromatic carbocycles. The first-order valence-corrected chi connectivity index (χ1v) is 10.2. The van der Waals surface area contributed by atoms with E-state index in [2.05, 4.69) is 27.9 Å². The van der Waals surface area contributed by atoms with E-state index in [1.165, 1.54) is 16.4 Å². The van der Waals surface area contributed by atoms with Crippen molar-refractivity contribution in [2.24, 2.45) is 0 Å². The van der Waals surface area contributed by atoms with Gasteiger partial charge in [-0.1, -0.05) is 6.07 Å². The van der Waals surface area contributed by atoms with Gasteiger partial charge in [-0.25, -0.2) is 8.42 Å². The number of hydrogen-bond acceptors (Lipinski definition) is 3. The van der Waals surface area contributed by atoms with Gasteiger partial charge in [-0.15, -0.1) is 0 Å². The lowest BCUT2D eigenvalue weighted by Gasteiger charge is -2.16. The van der Waals surface area contributed by atoms with Crippen LogP contribution in [0.1, 0.15) is 23.2 Å². The Morgan fingerprint density at radius 3 is 2.38 bits per heavy atom. The van der Waals surface area contributed by atoms with Crippen LogP contribution in [0, 0.1) is 3.57 Å². The first-order valence-electron chi connectivity index (χ1n) is 7.64. The summed E-state index contributed by atoms with van der Waals surface area (Å²) in [7, 11) is -3.52. The number of rotatable bonds is 4. The minimum absolute atomic E-state index is 0.166. The molecule has 0 unspecified atom stereocenters. The first-order chi connectivity index (χ1) is 11.5. The second kappa shape index (κ2) is 7.20. The summed E-state index contributed by atoms with van der Waals surface area (Å²) in [5, 5.41) is 2.78. The Kier molecular flexibility index (Phi) is 5.21. The zero-order valence-electron chi connectivity index (χ0n) is 12.9. The Balaban J connectivity index is 1.82. The van der Waals surface area contributed by atoms with Crippen LogP contribution in [0.15, 0.2) is 53.4 Å². The van der Waals surface area contributed by atoms with Crippen LogP contribution < -0.4 is 5.32 Å². The lowest BCUT2D eigenvalue weighted by atomic mass is 10.2. The Labute approximate surface area is 155 Å². The summed E-state index contributed by atoms with van der Waals surface area (Å²) in [6, 6.07) is 13.6. The molecular weight excluding hydrogens is 439 g/mol. The summed E-state index contributed by atoms with van der Waals surface area (Å²) in [6.45, 7) is 1.09. The van der Waals surface area contributed by atoms with E-state index in [0.29, 0.717) is 24.3 Å². The average molecular weight is 456 g/mol. The molecule has 0 saturated carbocycles. The van der Waals surface area contributed by atoms with E-state index < -0.39 is 10.0 Å². The van der Waals surface area contributed by atoms with Crippen molar-refractivity contribution in [3.63, 3.8) is 0 Å². The van der Waals surface area contributed by atoms with Crippen LogP contribution in [0.3, 0.4) is 0 Å². The fourth-order valence-corrected chi connectivity index (χ4v) is 4.53. The van der Waals surface area contributed by atoms with E-state index >= 15 is 0 Å². The van der Waals surface area contributed by atoms with E-state index in [0.717, 1.165) is 16.4 Å². The molecule has 0 spiro atoms. The molecule has 7 heteroatoms. The summed E-state index contributed by atoms with van der Waals surface area (Å²) in [5.74, 6) is -0.324. The molecule has 126 valence electrons. The van der Waals surface area contributed by atoms with Crippen molar-refractivity contribution in [3.8, 4) is 0 Å². The van der Waals surface area contributed by atoms with E-state index in [-0.39, 0.29) is 10.8 Å². The Bertz CT molecular complexity index is 844. The highest BCUT2D eigenvalue weighted by molar-refractivity contribution is 14.1. The maximum Gasteiger partial charge on any atom is 0.255 e. The molecule has 1 N–H and O–H groups in total. The Morgan fingerprint density at radius 2 is 1.71 bits per heavy atom. The molecule has 5 nitrogen and oxygen atoms in total. The summed E-state index contributed by atoms with van der Waals surface area (Å²) in [6.07, 6.45) is 1.76. The number of carbonyl (C=O) groups excluding carboxylic acids is 1. The maximum absolute atomic E-state index is 12.6. The second-order valence-corrected chi connectivity index (χ2v) is 8.78. The highest BCUT2D eigenvalue weighted by Gasteiger charge is 2.27. The highest BCUT2D eigenvalue weighted by Crippen LogP contribution is 2.22. The van der Waals surface area contributed by atoms with Gasteiger partial charge in [0.2, 0.25) is 10.0 Å². The smallest absolute Gasteiger partial charge is 0.255 e. The molecule has 1 aliphatic rings. The Morgan fingerprint density at radius 1 is 1.04 bits per heavy atom. The second-order valence-electron chi connectivity index (χ2n) is 5.60. The maximum atomic E-state index is 12.6. The lowest BCUT2D eigenvalue weighted by Crippen LogP contribution is -2.28. The zero-order chi connectivity index (χ0) is 17.2. The minimum Gasteiger partial charge on any atom is -0.322 e. The van der Waals surface area contributed by atoms with E-state index in [9.17, 15) is 13.2 Å². The van der Waals surface area contributed by atoms with Crippen molar-refractivity contribution in [3.05, 3.63) is 57.7 Å². The topological polar surface area (TPSA) is 66.5 Å². The zero-order valence-corrected chi connectivity index (χ0v) is 15.9. The number of halogens is 1. The minimum atomic E-state index is -3.52. The summed E-state index contributed by atoms with van der Waals surface area (Å²) in [4.78, 5) is 12.5. The fourth-order valence-electron chi connectivity index (χ4n) is 2.61. The molecule has 1 fully saturated rings. The van der Waals surface area contributed by atoms with Gasteiger partial charge in [0.15, 0.2) is 0 Å². The van der Waals surface area contributed by atoms with E-state index in [1.807, 2.05) is 24.3 Å². The number of benzene rings is 2. The van der Waals surface area contributed by atoms with Crippen molar-refractivity contribution in [1.29, 1.82) is 0 Å². The Hall–Kier alpha value is -1.45. The number of amides is 1. The quantitative estimate of drug-likeness (QED) is 0.718. The molecule has 1 amide bonds. The first kappa shape index (κ1) is 17.4. The van der Waals surface area contributed by atoms with Crippen LogP contribution in [-0.2, 0) is 10.0 Å². The highest BCUT2D eigenvalue weighted by atomic mass is 127. The van der Waals surface area contributed by atoms with Crippen molar-refractivity contribution in [2.75, 3.05) is 18.4 Å². The van der Waals surface area contributed by atoms with Crippen LogP contribution in [0.2, 0.25) is 0 Å². The molecule has 0 atom stereocenters. The van der Waals surface area contributed by atoms with Crippen LogP contribution >= 0.6 is 22.6 Å². The average Bonchev–Trinajstić information content (AvgIpc) is 3.12. The van der Waals surface area contributed by atoms with Crippen LogP contribution in [0.25, 0.3) is 0 Å². The van der Waals surface area contributed by atoms with E-state index in [4.69, 9.17) is 0 Å². The molecule has 3 rings (SSSR count). The molecule has 1 aliphatic heterocycles. The molecule has 24 heavy (non-hydrogen) atoms. The van der Waals surface area contributed by atoms with Crippen molar-refractivity contribution in [1.82, 2.24) is 4.31 Å². The van der Waals surface area contributed by atoms with Gasteiger partial charge in [-0.05, 0) is 77.9 Å². The molecular formula is C17H17IN2O3S. The van der Waals surface area contributed by atoms with Crippen molar-refractivity contribution < 1.29 is 13.2 Å². The predicted octanol–water partition coefficient (Wildman–Crippen LogP) is 3.33. The summed E-state index contributed by atoms with van der Waals surface area (Å²) >= 11 is 2.19. The third-order valence-corrected chi connectivity index (χ3v) is 6.51. The molecule has 2 aromatic rings. The number of anilines is 1. The van der Waals surface area contributed by atoms with Crippen molar-refractivity contribution >= 4 is 44.2 Å². The van der Waals surface area contributed by atoms with Crippen LogP contribution in [0.5, 0.6) is 0 Å². The molecule has 1 saturated heterocycles. The SMILES string of the molecule is O=C(Nc1ccc(I)cc1)c1cccc(S(=O)(=O)N2CCCC2)c1. The summed E-state index contributed by atoms with van der Waals surface area (Å²) < 4.78 is 27.7. The van der Waals surface area contributed by atoms with Gasteiger partial charge in [0.05, 0.1) is 4.90 Å². The van der Waals surface area contributed by atoms with Gasteiger partial charge >= 0.3 is 0 Å².